The molecule has 0 unspecified atom stereocenters. The van der Waals surface area contributed by atoms with Gasteiger partial charge in [0.15, 0.2) is 0 Å². The Morgan fingerprint density at radius 1 is 1.23 bits per heavy atom. The molecular weight excluding hydrogens is 282 g/mol. The third-order valence-electron chi connectivity index (χ3n) is 3.32. The van der Waals surface area contributed by atoms with Gasteiger partial charge in [0.2, 0.25) is 0 Å². The number of pyridine rings is 1. The molecule has 1 aromatic heterocycles. The first kappa shape index (κ1) is 14.1. The van der Waals surface area contributed by atoms with Crippen molar-refractivity contribution in [3.05, 3.63) is 64.6 Å². The van der Waals surface area contributed by atoms with Gasteiger partial charge >= 0.3 is 0 Å². The summed E-state index contributed by atoms with van der Waals surface area (Å²) in [6.45, 7) is 0.471. The molecular formula is C16H15N3O3. The van der Waals surface area contributed by atoms with Crippen LogP contribution in [0.5, 0.6) is 5.75 Å². The fourth-order valence-corrected chi connectivity index (χ4v) is 2.25. The summed E-state index contributed by atoms with van der Waals surface area (Å²) in [5.74, 6) is 0.422. The van der Waals surface area contributed by atoms with Crippen LogP contribution in [0.3, 0.4) is 0 Å². The minimum absolute atomic E-state index is 0.0609. The Hall–Kier alpha value is -2.89. The predicted molar refractivity (Wildman–Crippen MR) is 81.9 cm³/mol. The second-order valence-corrected chi connectivity index (χ2v) is 4.85. The van der Waals surface area contributed by atoms with Crippen LogP contribution < -0.4 is 15.7 Å². The Balaban J connectivity index is 1.71. The van der Waals surface area contributed by atoms with Crippen LogP contribution in [0.4, 0.5) is 0 Å². The number of rotatable bonds is 3. The van der Waals surface area contributed by atoms with Crippen LogP contribution >= 0.6 is 0 Å². The third kappa shape index (κ3) is 3.06. The summed E-state index contributed by atoms with van der Waals surface area (Å²) in [6, 6.07) is 12.3. The number of ether oxygens (including phenoxy) is 1. The van der Waals surface area contributed by atoms with E-state index in [0.717, 1.165) is 17.0 Å². The average molecular weight is 297 g/mol. The van der Waals surface area contributed by atoms with Gasteiger partial charge < -0.3 is 9.30 Å². The van der Waals surface area contributed by atoms with Crippen LogP contribution in [-0.2, 0) is 11.3 Å². The minimum Gasteiger partial charge on any atom is -0.492 e. The zero-order valence-corrected chi connectivity index (χ0v) is 11.9. The molecule has 2 heterocycles. The van der Waals surface area contributed by atoms with Crippen molar-refractivity contribution in [3.8, 4) is 5.75 Å². The Morgan fingerprint density at radius 3 is 2.91 bits per heavy atom. The molecule has 112 valence electrons. The van der Waals surface area contributed by atoms with Crippen molar-refractivity contribution in [3.63, 3.8) is 0 Å². The topological polar surface area (TPSA) is 72.7 Å². The monoisotopic (exact) mass is 297 g/mol. The van der Waals surface area contributed by atoms with Crippen LogP contribution in [0, 0.1) is 0 Å². The molecule has 6 heteroatoms. The predicted octanol–water partition coefficient (Wildman–Crippen LogP) is 1.15. The van der Waals surface area contributed by atoms with Crippen molar-refractivity contribution in [1.82, 2.24) is 9.99 Å². The molecule has 1 aliphatic heterocycles. The Bertz CT molecular complexity index is 780. The zero-order chi connectivity index (χ0) is 15.4. The van der Waals surface area contributed by atoms with Crippen molar-refractivity contribution >= 4 is 11.6 Å². The normalized spacial score (nSPS) is 15.0. The number of benzene rings is 1. The lowest BCUT2D eigenvalue weighted by Crippen LogP contribution is -2.30. The molecule has 3 rings (SSSR count). The van der Waals surface area contributed by atoms with E-state index in [1.165, 1.54) is 10.6 Å². The maximum Gasteiger partial charge on any atom is 0.260 e. The highest BCUT2D eigenvalue weighted by Gasteiger charge is 2.16. The van der Waals surface area contributed by atoms with Gasteiger partial charge in [-0.05, 0) is 18.2 Å². The number of hydrogen-bond acceptors (Lipinski definition) is 4. The van der Waals surface area contributed by atoms with Gasteiger partial charge in [-0.2, -0.15) is 5.10 Å². The quantitative estimate of drug-likeness (QED) is 0.864. The molecule has 22 heavy (non-hydrogen) atoms. The van der Waals surface area contributed by atoms with Crippen LogP contribution in [0.25, 0.3) is 0 Å². The van der Waals surface area contributed by atoms with Crippen LogP contribution in [-0.4, -0.2) is 22.8 Å². The fourth-order valence-electron chi connectivity index (χ4n) is 2.25. The minimum atomic E-state index is -0.343. The standard InChI is InChI=1S/C16H15N3O3/c20-15(11-19-9-4-3-7-16(19)21)18-17-13-8-10-22-14-6-2-1-5-12(13)14/h1-7,9H,8,10-11H2,(H,18,20)/b17-13-. The van der Waals surface area contributed by atoms with Crippen molar-refractivity contribution in [2.24, 2.45) is 5.10 Å². The van der Waals surface area contributed by atoms with E-state index in [-0.39, 0.29) is 18.0 Å². The van der Waals surface area contributed by atoms with Gasteiger partial charge in [0.05, 0.1) is 12.3 Å². The molecule has 1 aliphatic rings. The number of aromatic nitrogens is 1. The largest absolute Gasteiger partial charge is 0.492 e. The van der Waals surface area contributed by atoms with Crippen molar-refractivity contribution in [1.29, 1.82) is 0 Å². The first-order valence-corrected chi connectivity index (χ1v) is 6.97. The highest BCUT2D eigenvalue weighted by molar-refractivity contribution is 6.04. The molecule has 1 aromatic carbocycles. The molecule has 0 aliphatic carbocycles. The van der Waals surface area contributed by atoms with Crippen LogP contribution in [0.15, 0.2) is 58.6 Å². The van der Waals surface area contributed by atoms with Gasteiger partial charge in [-0.25, -0.2) is 5.43 Å². The molecule has 0 saturated heterocycles. The number of hydrazone groups is 1. The van der Waals surface area contributed by atoms with Crippen molar-refractivity contribution < 1.29 is 9.53 Å². The number of fused-ring (bicyclic) bond motifs is 1. The molecule has 6 nitrogen and oxygen atoms in total. The van der Waals surface area contributed by atoms with Gasteiger partial charge in [0.1, 0.15) is 12.3 Å². The van der Waals surface area contributed by atoms with E-state index in [0.29, 0.717) is 13.0 Å². The summed E-state index contributed by atoms with van der Waals surface area (Å²) >= 11 is 0. The number of para-hydroxylation sites is 1. The van der Waals surface area contributed by atoms with E-state index < -0.39 is 0 Å². The smallest absolute Gasteiger partial charge is 0.260 e. The molecule has 0 radical (unpaired) electrons. The fraction of sp³-hybridized carbons (Fsp3) is 0.188. The summed E-state index contributed by atoms with van der Waals surface area (Å²) in [5, 5.41) is 4.17. The summed E-state index contributed by atoms with van der Waals surface area (Å²) in [6.07, 6.45) is 2.20. The lowest BCUT2D eigenvalue weighted by Gasteiger charge is -2.18. The first-order valence-electron chi connectivity index (χ1n) is 6.97. The Labute approximate surface area is 127 Å². The van der Waals surface area contributed by atoms with E-state index in [4.69, 9.17) is 4.74 Å². The lowest BCUT2D eigenvalue weighted by atomic mass is 10.0. The van der Waals surface area contributed by atoms with Gasteiger partial charge in [-0.3, -0.25) is 9.59 Å². The maximum atomic E-state index is 11.9. The Morgan fingerprint density at radius 2 is 2.05 bits per heavy atom. The second-order valence-electron chi connectivity index (χ2n) is 4.85. The molecule has 0 spiro atoms. The van der Waals surface area contributed by atoms with Gasteiger partial charge in [-0.15, -0.1) is 0 Å². The zero-order valence-electron chi connectivity index (χ0n) is 11.9. The molecule has 1 N–H and O–H groups in total. The number of carbonyl (C=O) groups is 1. The van der Waals surface area contributed by atoms with E-state index in [1.807, 2.05) is 24.3 Å². The summed E-state index contributed by atoms with van der Waals surface area (Å²) in [4.78, 5) is 23.5. The summed E-state index contributed by atoms with van der Waals surface area (Å²) in [5.41, 5.74) is 3.94. The highest BCUT2D eigenvalue weighted by Crippen LogP contribution is 2.24. The number of nitrogens with zero attached hydrogens (tertiary/aromatic N) is 2. The third-order valence-corrected chi connectivity index (χ3v) is 3.32. The molecule has 0 saturated carbocycles. The lowest BCUT2D eigenvalue weighted by molar-refractivity contribution is -0.121. The maximum absolute atomic E-state index is 11.9. The highest BCUT2D eigenvalue weighted by atomic mass is 16.5. The average Bonchev–Trinajstić information content (AvgIpc) is 2.55. The first-order chi connectivity index (χ1) is 10.7. The summed E-state index contributed by atoms with van der Waals surface area (Å²) < 4.78 is 6.86. The van der Waals surface area contributed by atoms with Crippen LogP contribution in [0.1, 0.15) is 12.0 Å². The van der Waals surface area contributed by atoms with E-state index in [1.54, 1.807) is 18.3 Å². The van der Waals surface area contributed by atoms with Gasteiger partial charge in [0, 0.05) is 24.2 Å². The van der Waals surface area contributed by atoms with Gasteiger partial charge in [0.25, 0.3) is 11.5 Å². The molecule has 1 amide bonds. The number of hydrogen-bond donors (Lipinski definition) is 1. The summed E-state index contributed by atoms with van der Waals surface area (Å²) in [7, 11) is 0. The van der Waals surface area contributed by atoms with Crippen molar-refractivity contribution in [2.75, 3.05) is 6.61 Å². The van der Waals surface area contributed by atoms with Crippen molar-refractivity contribution in [2.45, 2.75) is 13.0 Å². The molecule has 2 aromatic rings. The van der Waals surface area contributed by atoms with Crippen LogP contribution in [0.2, 0.25) is 0 Å². The molecule has 0 atom stereocenters. The number of amides is 1. The Kier molecular flexibility index (Phi) is 4.00. The van der Waals surface area contributed by atoms with E-state index in [2.05, 4.69) is 10.5 Å². The molecule has 0 fully saturated rings. The number of carbonyl (C=O) groups excluding carboxylic acids is 1. The SMILES string of the molecule is O=C(Cn1ccccc1=O)N/N=C1/CCOc2ccccc21. The second kappa shape index (κ2) is 6.26. The van der Waals surface area contributed by atoms with Gasteiger partial charge in [-0.1, -0.05) is 18.2 Å². The molecule has 0 bridgehead atoms. The number of nitrogens with one attached hydrogen (secondary N) is 1. The van der Waals surface area contributed by atoms with E-state index >= 15 is 0 Å². The van der Waals surface area contributed by atoms with E-state index in [9.17, 15) is 9.59 Å².